The molecule has 0 bridgehead atoms. The molecule has 1 unspecified atom stereocenters. The van der Waals surface area contributed by atoms with E-state index in [2.05, 4.69) is 5.32 Å². The largest absolute Gasteiger partial charge is 0.380 e. The van der Waals surface area contributed by atoms with Crippen molar-refractivity contribution in [3.8, 4) is 0 Å². The fraction of sp³-hybridized carbons (Fsp3) is 0.455. The summed E-state index contributed by atoms with van der Waals surface area (Å²) < 4.78 is 64.8. The van der Waals surface area contributed by atoms with Gasteiger partial charge in [-0.15, -0.1) is 0 Å². The van der Waals surface area contributed by atoms with Gasteiger partial charge in [0, 0.05) is 12.6 Å². The number of nitrogens with one attached hydrogen (secondary N) is 1. The summed E-state index contributed by atoms with van der Waals surface area (Å²) in [7, 11) is 0. The van der Waals surface area contributed by atoms with Gasteiger partial charge >= 0.3 is 0 Å². The number of halogens is 5. The van der Waals surface area contributed by atoms with Gasteiger partial charge in [-0.2, -0.15) is 0 Å². The average molecular weight is 268 g/mol. The standard InChI is InChI=1S/C11H13F5N2/c1-2-5(17)3-4-18-11-9(15)7(13)6(12)8(14)10(11)16/h5,18H,2-4,17H2,1H3. The second-order valence-electron chi connectivity index (χ2n) is 3.83. The summed E-state index contributed by atoms with van der Waals surface area (Å²) in [5.74, 6) is -9.82. The Morgan fingerprint density at radius 2 is 1.39 bits per heavy atom. The summed E-state index contributed by atoms with van der Waals surface area (Å²) >= 11 is 0. The molecule has 0 spiro atoms. The maximum Gasteiger partial charge on any atom is 0.200 e. The van der Waals surface area contributed by atoms with Gasteiger partial charge in [0.1, 0.15) is 5.69 Å². The van der Waals surface area contributed by atoms with Crippen LogP contribution in [0.1, 0.15) is 19.8 Å². The molecule has 0 aliphatic carbocycles. The van der Waals surface area contributed by atoms with Gasteiger partial charge in [-0.05, 0) is 12.8 Å². The van der Waals surface area contributed by atoms with Gasteiger partial charge < -0.3 is 11.1 Å². The van der Waals surface area contributed by atoms with Gasteiger partial charge in [0.2, 0.25) is 5.82 Å². The molecule has 0 saturated heterocycles. The highest BCUT2D eigenvalue weighted by Gasteiger charge is 2.25. The van der Waals surface area contributed by atoms with Crippen LogP contribution in [0.2, 0.25) is 0 Å². The Balaban J connectivity index is 2.89. The first-order chi connectivity index (χ1) is 8.40. The lowest BCUT2D eigenvalue weighted by molar-refractivity contribution is 0.381. The smallest absolute Gasteiger partial charge is 0.200 e. The molecule has 18 heavy (non-hydrogen) atoms. The predicted molar refractivity (Wildman–Crippen MR) is 57.6 cm³/mol. The molecule has 102 valence electrons. The molecule has 7 heteroatoms. The minimum atomic E-state index is -2.17. The molecular formula is C11H13F5N2. The number of hydrogen-bond acceptors (Lipinski definition) is 2. The molecule has 1 rings (SSSR count). The molecular weight excluding hydrogens is 255 g/mol. The van der Waals surface area contributed by atoms with Crippen LogP contribution in [-0.4, -0.2) is 12.6 Å². The molecule has 0 heterocycles. The van der Waals surface area contributed by atoms with Crippen LogP contribution in [-0.2, 0) is 0 Å². The molecule has 0 aliphatic heterocycles. The van der Waals surface area contributed by atoms with E-state index in [1.165, 1.54) is 0 Å². The monoisotopic (exact) mass is 268 g/mol. The third kappa shape index (κ3) is 2.90. The minimum Gasteiger partial charge on any atom is -0.380 e. The van der Waals surface area contributed by atoms with E-state index in [4.69, 9.17) is 5.73 Å². The molecule has 0 radical (unpaired) electrons. The van der Waals surface area contributed by atoms with Crippen LogP contribution >= 0.6 is 0 Å². The van der Waals surface area contributed by atoms with E-state index in [1.54, 1.807) is 0 Å². The summed E-state index contributed by atoms with van der Waals surface area (Å²) in [6, 6.07) is -0.196. The first-order valence-electron chi connectivity index (χ1n) is 5.41. The molecule has 0 aromatic heterocycles. The summed E-state index contributed by atoms with van der Waals surface area (Å²) in [5, 5.41) is 2.18. The second-order valence-corrected chi connectivity index (χ2v) is 3.83. The molecule has 0 amide bonds. The van der Waals surface area contributed by atoms with E-state index in [0.717, 1.165) is 0 Å². The second kappa shape index (κ2) is 5.99. The Labute approximate surface area is 101 Å². The van der Waals surface area contributed by atoms with Crippen molar-refractivity contribution in [2.75, 3.05) is 11.9 Å². The Morgan fingerprint density at radius 1 is 0.944 bits per heavy atom. The fourth-order valence-corrected chi connectivity index (χ4v) is 1.35. The van der Waals surface area contributed by atoms with Crippen LogP contribution in [0.15, 0.2) is 0 Å². The van der Waals surface area contributed by atoms with Crippen LogP contribution in [0.25, 0.3) is 0 Å². The van der Waals surface area contributed by atoms with Crippen molar-refractivity contribution in [2.24, 2.45) is 5.73 Å². The number of rotatable bonds is 5. The van der Waals surface area contributed by atoms with Crippen molar-refractivity contribution >= 4 is 5.69 Å². The quantitative estimate of drug-likeness (QED) is 0.489. The summed E-state index contributed by atoms with van der Waals surface area (Å²) in [6.45, 7) is 1.84. The third-order valence-corrected chi connectivity index (χ3v) is 2.55. The Hall–Kier alpha value is -1.37. The van der Waals surface area contributed by atoms with Gasteiger partial charge in [0.05, 0.1) is 0 Å². The SMILES string of the molecule is CCC(N)CCNc1c(F)c(F)c(F)c(F)c1F. The third-order valence-electron chi connectivity index (χ3n) is 2.55. The van der Waals surface area contributed by atoms with Gasteiger partial charge in [-0.25, -0.2) is 22.0 Å². The number of benzene rings is 1. The first-order valence-corrected chi connectivity index (χ1v) is 5.41. The van der Waals surface area contributed by atoms with Crippen LogP contribution in [0.4, 0.5) is 27.6 Å². The molecule has 1 aromatic rings. The van der Waals surface area contributed by atoms with Crippen LogP contribution in [0.5, 0.6) is 0 Å². The Kier molecular flexibility index (Phi) is 4.89. The zero-order valence-corrected chi connectivity index (χ0v) is 9.67. The lowest BCUT2D eigenvalue weighted by Crippen LogP contribution is -2.23. The van der Waals surface area contributed by atoms with E-state index in [0.29, 0.717) is 12.8 Å². The maximum atomic E-state index is 13.2. The van der Waals surface area contributed by atoms with Crippen LogP contribution in [0.3, 0.4) is 0 Å². The molecule has 1 aromatic carbocycles. The van der Waals surface area contributed by atoms with Crippen LogP contribution in [0, 0.1) is 29.1 Å². The minimum absolute atomic E-state index is 0.0212. The zero-order valence-electron chi connectivity index (χ0n) is 9.67. The molecule has 1 atom stereocenters. The highest BCUT2D eigenvalue weighted by Crippen LogP contribution is 2.26. The molecule has 3 N–H and O–H groups in total. The molecule has 0 aliphatic rings. The first kappa shape index (κ1) is 14.7. The van der Waals surface area contributed by atoms with Gasteiger partial charge in [-0.1, -0.05) is 6.92 Å². The number of anilines is 1. The summed E-state index contributed by atoms with van der Waals surface area (Å²) in [5.41, 5.74) is 4.54. The van der Waals surface area contributed by atoms with E-state index in [9.17, 15) is 22.0 Å². The van der Waals surface area contributed by atoms with Crippen LogP contribution < -0.4 is 11.1 Å². The van der Waals surface area contributed by atoms with E-state index >= 15 is 0 Å². The van der Waals surface area contributed by atoms with Crippen molar-refractivity contribution in [1.29, 1.82) is 0 Å². The lowest BCUT2D eigenvalue weighted by Gasteiger charge is -2.13. The van der Waals surface area contributed by atoms with E-state index < -0.39 is 34.8 Å². The van der Waals surface area contributed by atoms with Crippen molar-refractivity contribution in [2.45, 2.75) is 25.8 Å². The molecule has 0 fully saturated rings. The highest BCUT2D eigenvalue weighted by molar-refractivity contribution is 5.47. The van der Waals surface area contributed by atoms with Crippen molar-refractivity contribution in [3.63, 3.8) is 0 Å². The van der Waals surface area contributed by atoms with Gasteiger partial charge in [-0.3, -0.25) is 0 Å². The molecule has 2 nitrogen and oxygen atoms in total. The van der Waals surface area contributed by atoms with E-state index in [1.807, 2.05) is 6.92 Å². The highest BCUT2D eigenvalue weighted by atomic mass is 19.2. The van der Waals surface area contributed by atoms with Crippen molar-refractivity contribution in [3.05, 3.63) is 29.1 Å². The number of hydrogen-bond donors (Lipinski definition) is 2. The summed E-state index contributed by atoms with van der Waals surface area (Å²) in [6.07, 6.45) is 1.01. The van der Waals surface area contributed by atoms with Crippen molar-refractivity contribution in [1.82, 2.24) is 0 Å². The van der Waals surface area contributed by atoms with Gasteiger partial charge in [0.25, 0.3) is 0 Å². The average Bonchev–Trinajstić information content (AvgIpc) is 2.37. The number of nitrogens with two attached hydrogens (primary N) is 1. The van der Waals surface area contributed by atoms with Crippen molar-refractivity contribution < 1.29 is 22.0 Å². The fourth-order valence-electron chi connectivity index (χ4n) is 1.35. The Morgan fingerprint density at radius 3 is 1.83 bits per heavy atom. The topological polar surface area (TPSA) is 38.0 Å². The zero-order chi connectivity index (χ0) is 13.9. The Bertz CT molecular complexity index is 407. The summed E-state index contributed by atoms with van der Waals surface area (Å²) in [4.78, 5) is 0. The molecule has 0 saturated carbocycles. The normalized spacial score (nSPS) is 12.6. The predicted octanol–water partition coefficient (Wildman–Crippen LogP) is 2.92. The van der Waals surface area contributed by atoms with E-state index in [-0.39, 0.29) is 12.6 Å². The lowest BCUT2D eigenvalue weighted by atomic mass is 10.1. The maximum absolute atomic E-state index is 13.2. The van der Waals surface area contributed by atoms with Gasteiger partial charge in [0.15, 0.2) is 23.3 Å².